The van der Waals surface area contributed by atoms with Crippen LogP contribution in [0.3, 0.4) is 0 Å². The molecule has 1 aliphatic heterocycles. The van der Waals surface area contributed by atoms with Crippen molar-refractivity contribution in [2.75, 3.05) is 25.0 Å². The molecule has 7 heteroatoms. The van der Waals surface area contributed by atoms with E-state index in [0.29, 0.717) is 13.1 Å². The highest BCUT2D eigenvalue weighted by atomic mass is 79.9. The van der Waals surface area contributed by atoms with Crippen molar-refractivity contribution in [1.29, 1.82) is 0 Å². The molecule has 2 rings (SSSR count). The summed E-state index contributed by atoms with van der Waals surface area (Å²) in [7, 11) is 1.82. The van der Waals surface area contributed by atoms with E-state index in [1.54, 1.807) is 6.20 Å². The van der Waals surface area contributed by atoms with Crippen molar-refractivity contribution in [3.8, 4) is 0 Å². The van der Waals surface area contributed by atoms with Crippen LogP contribution in [0.5, 0.6) is 0 Å². The van der Waals surface area contributed by atoms with Gasteiger partial charge < -0.3 is 10.2 Å². The molecule has 3 nitrogen and oxygen atoms in total. The number of alkyl halides is 3. The molecule has 0 fully saturated rings. The maximum absolute atomic E-state index is 12.6. The zero-order valence-corrected chi connectivity index (χ0v) is 12.6. The minimum absolute atomic E-state index is 0.000236. The van der Waals surface area contributed by atoms with E-state index in [4.69, 9.17) is 0 Å². The Hall–Kier alpha value is -1.08. The molecule has 0 aromatic carbocycles. The fourth-order valence-corrected chi connectivity index (χ4v) is 2.58. The summed E-state index contributed by atoms with van der Waals surface area (Å²) >= 11 is 3.36. The standard InChI is InChI=1S/C13H15BrF3N3/c1-18-7-9-6-11(14)8-19-12(9)20-4-2-10(3-5-20)13(15,16)17/h2,6,8,18H,3-5,7H2,1H3. The van der Waals surface area contributed by atoms with Gasteiger partial charge in [0.2, 0.25) is 0 Å². The molecule has 20 heavy (non-hydrogen) atoms. The average Bonchev–Trinajstić information content (AvgIpc) is 2.38. The van der Waals surface area contributed by atoms with Crippen LogP contribution in [0.25, 0.3) is 0 Å². The first-order valence-corrected chi connectivity index (χ1v) is 7.01. The second-order valence-corrected chi connectivity index (χ2v) is 5.51. The summed E-state index contributed by atoms with van der Waals surface area (Å²) in [6.45, 7) is 1.19. The molecule has 0 bridgehead atoms. The van der Waals surface area contributed by atoms with Crippen LogP contribution in [0, 0.1) is 0 Å². The Bertz CT molecular complexity index is 514. The van der Waals surface area contributed by atoms with Crippen LogP contribution in [0.4, 0.5) is 19.0 Å². The highest BCUT2D eigenvalue weighted by molar-refractivity contribution is 9.10. The minimum atomic E-state index is -4.22. The zero-order chi connectivity index (χ0) is 14.8. The molecule has 110 valence electrons. The van der Waals surface area contributed by atoms with E-state index in [1.165, 1.54) is 6.08 Å². The first-order chi connectivity index (χ1) is 9.41. The van der Waals surface area contributed by atoms with Gasteiger partial charge >= 0.3 is 6.18 Å². The second-order valence-electron chi connectivity index (χ2n) is 4.59. The first kappa shape index (κ1) is 15.3. The van der Waals surface area contributed by atoms with Gasteiger partial charge in [-0.15, -0.1) is 0 Å². The number of aromatic nitrogens is 1. The van der Waals surface area contributed by atoms with Crippen molar-refractivity contribution in [3.63, 3.8) is 0 Å². The molecule has 2 heterocycles. The zero-order valence-electron chi connectivity index (χ0n) is 11.0. The molecule has 1 N–H and O–H groups in total. The molecule has 0 unspecified atom stereocenters. The number of anilines is 1. The monoisotopic (exact) mass is 349 g/mol. The van der Waals surface area contributed by atoms with Crippen LogP contribution >= 0.6 is 15.9 Å². The van der Waals surface area contributed by atoms with Gasteiger partial charge in [-0.3, -0.25) is 0 Å². The molecule has 0 atom stereocenters. The Labute approximate surface area is 124 Å². The van der Waals surface area contributed by atoms with Crippen LogP contribution in [-0.4, -0.2) is 31.3 Å². The lowest BCUT2D eigenvalue weighted by molar-refractivity contribution is -0.0944. The predicted octanol–water partition coefficient (Wildman–Crippen LogP) is 3.26. The number of nitrogens with zero attached hydrogens (tertiary/aromatic N) is 2. The van der Waals surface area contributed by atoms with Crippen molar-refractivity contribution < 1.29 is 13.2 Å². The Morgan fingerprint density at radius 1 is 1.45 bits per heavy atom. The summed E-state index contributed by atoms with van der Waals surface area (Å²) in [5, 5.41) is 3.04. The summed E-state index contributed by atoms with van der Waals surface area (Å²) in [6.07, 6.45) is -1.30. The summed E-state index contributed by atoms with van der Waals surface area (Å²) in [5.41, 5.74) is 0.520. The highest BCUT2D eigenvalue weighted by Gasteiger charge is 2.35. The van der Waals surface area contributed by atoms with Gasteiger partial charge in [-0.25, -0.2) is 4.98 Å². The first-order valence-electron chi connectivity index (χ1n) is 6.22. The molecule has 1 aromatic rings. The Balaban J connectivity index is 2.20. The molecule has 0 amide bonds. The Morgan fingerprint density at radius 3 is 2.75 bits per heavy atom. The third-order valence-corrected chi connectivity index (χ3v) is 3.58. The molecular weight excluding hydrogens is 335 g/mol. The predicted molar refractivity (Wildman–Crippen MR) is 75.7 cm³/mol. The largest absolute Gasteiger partial charge is 0.412 e. The van der Waals surface area contributed by atoms with Gasteiger partial charge in [0, 0.05) is 41.4 Å². The van der Waals surface area contributed by atoms with E-state index < -0.39 is 11.7 Å². The van der Waals surface area contributed by atoms with E-state index in [-0.39, 0.29) is 13.0 Å². The van der Waals surface area contributed by atoms with E-state index in [2.05, 4.69) is 26.2 Å². The van der Waals surface area contributed by atoms with E-state index >= 15 is 0 Å². The molecule has 0 saturated carbocycles. The fraction of sp³-hybridized carbons (Fsp3) is 0.462. The van der Waals surface area contributed by atoms with E-state index in [1.807, 2.05) is 18.0 Å². The van der Waals surface area contributed by atoms with Crippen molar-refractivity contribution in [2.45, 2.75) is 19.1 Å². The quantitative estimate of drug-likeness (QED) is 0.849. The summed E-state index contributed by atoms with van der Waals surface area (Å²) < 4.78 is 38.7. The lowest BCUT2D eigenvalue weighted by atomic mass is 10.1. The van der Waals surface area contributed by atoms with Gasteiger partial charge in [-0.2, -0.15) is 13.2 Å². The number of nitrogens with one attached hydrogen (secondary N) is 1. The number of hydrogen-bond donors (Lipinski definition) is 1. The van der Waals surface area contributed by atoms with E-state index in [9.17, 15) is 13.2 Å². The van der Waals surface area contributed by atoms with Crippen LogP contribution < -0.4 is 10.2 Å². The number of pyridine rings is 1. The molecule has 1 aliphatic rings. The molecular formula is C13H15BrF3N3. The minimum Gasteiger partial charge on any atom is -0.352 e. The van der Waals surface area contributed by atoms with Crippen molar-refractivity contribution in [3.05, 3.63) is 33.9 Å². The molecule has 0 spiro atoms. The van der Waals surface area contributed by atoms with Gasteiger partial charge in [0.1, 0.15) is 5.82 Å². The number of halogens is 4. The maximum Gasteiger partial charge on any atom is 0.412 e. The van der Waals surface area contributed by atoms with Crippen molar-refractivity contribution >= 4 is 21.7 Å². The second kappa shape index (κ2) is 6.13. The van der Waals surface area contributed by atoms with Gasteiger partial charge in [0.05, 0.1) is 0 Å². The number of hydrogen-bond acceptors (Lipinski definition) is 3. The third-order valence-electron chi connectivity index (χ3n) is 3.15. The van der Waals surface area contributed by atoms with Crippen molar-refractivity contribution in [1.82, 2.24) is 10.3 Å². The molecule has 0 saturated heterocycles. The molecule has 0 aliphatic carbocycles. The lowest BCUT2D eigenvalue weighted by Crippen LogP contribution is -2.33. The topological polar surface area (TPSA) is 28.2 Å². The van der Waals surface area contributed by atoms with Gasteiger partial charge in [-0.05, 0) is 35.5 Å². The van der Waals surface area contributed by atoms with Crippen molar-refractivity contribution in [2.24, 2.45) is 0 Å². The fourth-order valence-electron chi connectivity index (χ4n) is 2.20. The van der Waals surface area contributed by atoms with Gasteiger partial charge in [-0.1, -0.05) is 6.08 Å². The third kappa shape index (κ3) is 3.52. The molecule has 0 radical (unpaired) electrons. The van der Waals surface area contributed by atoms with Crippen LogP contribution in [0.15, 0.2) is 28.4 Å². The lowest BCUT2D eigenvalue weighted by Gasteiger charge is -2.29. The Morgan fingerprint density at radius 2 is 2.20 bits per heavy atom. The summed E-state index contributed by atoms with van der Waals surface area (Å²) in [5.74, 6) is 0.736. The summed E-state index contributed by atoms with van der Waals surface area (Å²) in [6, 6.07) is 1.93. The Kier molecular flexibility index (Phi) is 4.70. The SMILES string of the molecule is CNCc1cc(Br)cnc1N1CC=C(C(F)(F)F)CC1. The molecule has 1 aromatic heterocycles. The normalized spacial score (nSPS) is 16.2. The van der Waals surface area contributed by atoms with E-state index in [0.717, 1.165) is 15.9 Å². The van der Waals surface area contributed by atoms with Crippen LogP contribution in [0.1, 0.15) is 12.0 Å². The average molecular weight is 350 g/mol. The highest BCUT2D eigenvalue weighted by Crippen LogP contribution is 2.32. The summed E-state index contributed by atoms with van der Waals surface area (Å²) in [4.78, 5) is 6.21. The van der Waals surface area contributed by atoms with Gasteiger partial charge in [0.15, 0.2) is 0 Å². The smallest absolute Gasteiger partial charge is 0.352 e. The van der Waals surface area contributed by atoms with Gasteiger partial charge in [0.25, 0.3) is 0 Å². The maximum atomic E-state index is 12.6. The number of rotatable bonds is 3. The van der Waals surface area contributed by atoms with Crippen LogP contribution in [0.2, 0.25) is 0 Å². The van der Waals surface area contributed by atoms with Crippen LogP contribution in [-0.2, 0) is 6.54 Å².